The Balaban J connectivity index is 2.36. The minimum absolute atomic E-state index is 0.585. The highest BCUT2D eigenvalue weighted by Gasteiger charge is 2.23. The minimum atomic E-state index is 0.585. The molecule has 0 amide bonds. The fourth-order valence-electron chi connectivity index (χ4n) is 2.25. The number of H-pyrrole nitrogens is 1. The van der Waals surface area contributed by atoms with Crippen molar-refractivity contribution in [3.05, 3.63) is 28.0 Å². The van der Waals surface area contributed by atoms with E-state index < -0.39 is 0 Å². The summed E-state index contributed by atoms with van der Waals surface area (Å²) in [6.07, 6.45) is 4.64. The zero-order chi connectivity index (χ0) is 10.1. The summed E-state index contributed by atoms with van der Waals surface area (Å²) in [4.78, 5) is 5.54. The van der Waals surface area contributed by atoms with Gasteiger partial charge < -0.3 is 4.98 Å². The summed E-state index contributed by atoms with van der Waals surface area (Å²) in [6, 6.07) is 2.64. The molecule has 14 heavy (non-hydrogen) atoms. The van der Waals surface area contributed by atoms with Gasteiger partial charge in [-0.05, 0) is 50.6 Å². The molecule has 1 fully saturated rings. The average molecular weight is 208 g/mol. The molecule has 0 radical (unpaired) electrons. The molecule has 1 atom stereocenters. The molecule has 1 aliphatic rings. The topological polar surface area (TPSA) is 19.0 Å². The van der Waals surface area contributed by atoms with Crippen LogP contribution in [0.25, 0.3) is 0 Å². The standard InChI is InChI=1S/C11H16N2S/c1-8-6-11(14)12-7-9(8)10-4-3-5-13(10)2/h6-7,10H,3-5H2,1-2H3,(H,12,14)/t10-/m0/s1. The number of nitrogens with zero attached hydrogens (tertiary/aromatic N) is 1. The third kappa shape index (κ3) is 1.74. The van der Waals surface area contributed by atoms with E-state index in [4.69, 9.17) is 12.2 Å². The fourth-order valence-corrected chi connectivity index (χ4v) is 2.48. The van der Waals surface area contributed by atoms with Gasteiger partial charge in [0.25, 0.3) is 0 Å². The zero-order valence-corrected chi connectivity index (χ0v) is 9.53. The summed E-state index contributed by atoms with van der Waals surface area (Å²) in [5.74, 6) is 0. The lowest BCUT2D eigenvalue weighted by Crippen LogP contribution is -2.18. The first-order chi connectivity index (χ1) is 6.68. The van der Waals surface area contributed by atoms with E-state index in [0.717, 1.165) is 4.64 Å². The van der Waals surface area contributed by atoms with Gasteiger partial charge >= 0.3 is 0 Å². The van der Waals surface area contributed by atoms with Gasteiger partial charge in [-0.1, -0.05) is 12.2 Å². The molecular weight excluding hydrogens is 192 g/mol. The molecule has 2 rings (SSSR count). The molecule has 0 aromatic carbocycles. The number of likely N-dealkylation sites (tertiary alicyclic amines) is 1. The van der Waals surface area contributed by atoms with Gasteiger partial charge in [-0.3, -0.25) is 4.90 Å². The molecule has 0 bridgehead atoms. The predicted molar refractivity (Wildman–Crippen MR) is 61.0 cm³/mol. The maximum absolute atomic E-state index is 5.09. The Morgan fingerprint density at radius 3 is 2.93 bits per heavy atom. The Hall–Kier alpha value is -0.670. The van der Waals surface area contributed by atoms with Crippen LogP contribution in [0.2, 0.25) is 0 Å². The predicted octanol–water partition coefficient (Wildman–Crippen LogP) is 2.82. The largest absolute Gasteiger partial charge is 0.353 e. The van der Waals surface area contributed by atoms with Crippen LogP contribution in [0.3, 0.4) is 0 Å². The second-order valence-corrected chi connectivity index (χ2v) is 4.51. The number of aromatic amines is 1. The van der Waals surface area contributed by atoms with Gasteiger partial charge in [0.1, 0.15) is 4.64 Å². The van der Waals surface area contributed by atoms with Crippen molar-refractivity contribution in [1.29, 1.82) is 0 Å². The maximum Gasteiger partial charge on any atom is 0.103 e. The summed E-state index contributed by atoms with van der Waals surface area (Å²) >= 11 is 5.09. The third-order valence-electron chi connectivity index (χ3n) is 3.05. The molecule has 0 aliphatic carbocycles. The Kier molecular flexibility index (Phi) is 2.70. The van der Waals surface area contributed by atoms with E-state index in [9.17, 15) is 0 Å². The van der Waals surface area contributed by atoms with Crippen LogP contribution in [0, 0.1) is 11.6 Å². The molecule has 2 heterocycles. The molecule has 76 valence electrons. The summed E-state index contributed by atoms with van der Waals surface area (Å²) in [7, 11) is 2.19. The van der Waals surface area contributed by atoms with Crippen LogP contribution < -0.4 is 0 Å². The van der Waals surface area contributed by atoms with Gasteiger partial charge in [0.05, 0.1) is 0 Å². The second kappa shape index (κ2) is 3.83. The highest BCUT2D eigenvalue weighted by atomic mass is 32.1. The van der Waals surface area contributed by atoms with Crippen LogP contribution in [0.1, 0.15) is 30.0 Å². The van der Waals surface area contributed by atoms with Crippen LogP contribution in [0.15, 0.2) is 12.3 Å². The first-order valence-corrected chi connectivity index (χ1v) is 5.49. The van der Waals surface area contributed by atoms with E-state index in [-0.39, 0.29) is 0 Å². The van der Waals surface area contributed by atoms with Crippen LogP contribution in [-0.4, -0.2) is 23.5 Å². The molecule has 3 heteroatoms. The first kappa shape index (κ1) is 9.87. The van der Waals surface area contributed by atoms with Crippen molar-refractivity contribution in [3.63, 3.8) is 0 Å². The van der Waals surface area contributed by atoms with Gasteiger partial charge in [-0.25, -0.2) is 0 Å². The summed E-state index contributed by atoms with van der Waals surface area (Å²) < 4.78 is 0.826. The van der Waals surface area contributed by atoms with E-state index in [0.29, 0.717) is 6.04 Å². The number of aromatic nitrogens is 1. The Morgan fingerprint density at radius 1 is 1.57 bits per heavy atom. The van der Waals surface area contributed by atoms with Crippen molar-refractivity contribution in [3.8, 4) is 0 Å². The van der Waals surface area contributed by atoms with E-state index in [2.05, 4.69) is 36.1 Å². The third-order valence-corrected chi connectivity index (χ3v) is 3.29. The van der Waals surface area contributed by atoms with Crippen LogP contribution >= 0.6 is 12.2 Å². The number of hydrogen-bond donors (Lipinski definition) is 1. The molecule has 1 aromatic heterocycles. The molecule has 0 spiro atoms. The summed E-state index contributed by atoms with van der Waals surface area (Å²) in [5.41, 5.74) is 2.71. The molecule has 2 nitrogen and oxygen atoms in total. The second-order valence-electron chi connectivity index (χ2n) is 4.07. The maximum atomic E-state index is 5.09. The van der Waals surface area contributed by atoms with E-state index in [1.54, 1.807) is 0 Å². The van der Waals surface area contributed by atoms with Crippen molar-refractivity contribution in [2.45, 2.75) is 25.8 Å². The molecule has 0 unspecified atom stereocenters. The van der Waals surface area contributed by atoms with Gasteiger partial charge in [0, 0.05) is 12.2 Å². The van der Waals surface area contributed by atoms with Gasteiger partial charge in [-0.15, -0.1) is 0 Å². The fraction of sp³-hybridized carbons (Fsp3) is 0.545. The van der Waals surface area contributed by atoms with Gasteiger partial charge in [-0.2, -0.15) is 0 Å². The molecule has 1 aliphatic heterocycles. The zero-order valence-electron chi connectivity index (χ0n) is 8.71. The van der Waals surface area contributed by atoms with Gasteiger partial charge in [0.15, 0.2) is 0 Å². The smallest absolute Gasteiger partial charge is 0.103 e. The van der Waals surface area contributed by atoms with Crippen molar-refractivity contribution in [1.82, 2.24) is 9.88 Å². The van der Waals surface area contributed by atoms with Crippen LogP contribution in [0.5, 0.6) is 0 Å². The van der Waals surface area contributed by atoms with Crippen molar-refractivity contribution >= 4 is 12.2 Å². The van der Waals surface area contributed by atoms with Crippen molar-refractivity contribution in [2.24, 2.45) is 0 Å². The highest BCUT2D eigenvalue weighted by Crippen LogP contribution is 2.31. The lowest BCUT2D eigenvalue weighted by Gasteiger charge is -2.21. The van der Waals surface area contributed by atoms with E-state index in [1.165, 1.54) is 30.5 Å². The van der Waals surface area contributed by atoms with E-state index in [1.807, 2.05) is 0 Å². The highest BCUT2D eigenvalue weighted by molar-refractivity contribution is 7.71. The lowest BCUT2D eigenvalue weighted by molar-refractivity contribution is 0.316. The van der Waals surface area contributed by atoms with Crippen molar-refractivity contribution < 1.29 is 0 Å². The number of pyridine rings is 1. The number of aryl methyl sites for hydroxylation is 1. The van der Waals surface area contributed by atoms with Crippen molar-refractivity contribution in [2.75, 3.05) is 13.6 Å². The summed E-state index contributed by atoms with van der Waals surface area (Å²) in [6.45, 7) is 3.35. The number of rotatable bonds is 1. The molecule has 1 aromatic rings. The average Bonchev–Trinajstić information content (AvgIpc) is 2.52. The Bertz CT molecular complexity index is 383. The molecule has 0 saturated carbocycles. The SMILES string of the molecule is Cc1cc(=S)[nH]cc1[C@@H]1CCCN1C. The Labute approximate surface area is 90.0 Å². The normalized spacial score (nSPS) is 22.9. The summed E-state index contributed by atoms with van der Waals surface area (Å²) in [5, 5.41) is 0. The van der Waals surface area contributed by atoms with Gasteiger partial charge in [0.2, 0.25) is 0 Å². The Morgan fingerprint density at radius 2 is 2.36 bits per heavy atom. The molecule has 1 saturated heterocycles. The first-order valence-electron chi connectivity index (χ1n) is 5.08. The van der Waals surface area contributed by atoms with Crippen LogP contribution in [0.4, 0.5) is 0 Å². The molecule has 1 N–H and O–H groups in total. The lowest BCUT2D eigenvalue weighted by atomic mass is 10.0. The number of hydrogen-bond acceptors (Lipinski definition) is 2. The monoisotopic (exact) mass is 208 g/mol. The number of nitrogens with one attached hydrogen (secondary N) is 1. The molecular formula is C11H16N2S. The minimum Gasteiger partial charge on any atom is -0.353 e. The van der Waals surface area contributed by atoms with E-state index >= 15 is 0 Å². The van der Waals surface area contributed by atoms with Crippen LogP contribution in [-0.2, 0) is 0 Å². The quantitative estimate of drug-likeness (QED) is 0.716.